The highest BCUT2D eigenvalue weighted by atomic mass is 35.5. The summed E-state index contributed by atoms with van der Waals surface area (Å²) in [5.74, 6) is 0.519. The third-order valence-corrected chi connectivity index (χ3v) is 12.6. The van der Waals surface area contributed by atoms with Gasteiger partial charge in [-0.3, -0.25) is 29.8 Å². The first-order chi connectivity index (χ1) is 31.4. The molecule has 0 bridgehead atoms. The number of aryl methyl sites for hydroxylation is 3. The van der Waals surface area contributed by atoms with Crippen LogP contribution in [-0.2, 0) is 38.6 Å². The number of amides is 2. The van der Waals surface area contributed by atoms with Crippen LogP contribution >= 0.6 is 35.2 Å². The van der Waals surface area contributed by atoms with Crippen molar-refractivity contribution in [2.24, 2.45) is 11.7 Å². The Kier molecular flexibility index (Phi) is 17.4. The third kappa shape index (κ3) is 12.4. The van der Waals surface area contributed by atoms with Crippen molar-refractivity contribution in [2.75, 3.05) is 32.8 Å². The predicted molar refractivity (Wildman–Crippen MR) is 259 cm³/mol. The van der Waals surface area contributed by atoms with Crippen LogP contribution in [0.3, 0.4) is 0 Å². The van der Waals surface area contributed by atoms with E-state index in [0.29, 0.717) is 65.3 Å². The Bertz CT molecular complexity index is 2650. The van der Waals surface area contributed by atoms with Crippen molar-refractivity contribution in [2.45, 2.75) is 84.7 Å². The number of rotatable bonds is 17. The first kappa shape index (κ1) is 48.5. The predicted octanol–water partition coefficient (Wildman–Crippen LogP) is 9.72. The van der Waals surface area contributed by atoms with Crippen LogP contribution in [0.4, 0.5) is 5.13 Å². The van der Waals surface area contributed by atoms with Crippen LogP contribution in [0.5, 0.6) is 11.5 Å². The number of thiazole rings is 1. The fourth-order valence-corrected chi connectivity index (χ4v) is 9.44. The molecule has 0 radical (unpaired) electrons. The van der Waals surface area contributed by atoms with Gasteiger partial charge in [0, 0.05) is 51.4 Å². The highest BCUT2D eigenvalue weighted by Crippen LogP contribution is 2.43. The number of carbonyl (C=O) groups excluding carboxylic acids is 4. The summed E-state index contributed by atoms with van der Waals surface area (Å²) in [4.78, 5) is 55.7. The SMILES string of the molecule is CCOC(=O)CCn1c(C(=O)NC(N)=S)cc2ccccc21.CCOC(=O)CCn1c(C(=O)Nc2nc(-c3cc(OC)c(Cl)cc3OC)c(CCC3CCCCC3)s2)cc2ccccc21. The van der Waals surface area contributed by atoms with Gasteiger partial charge in [0.25, 0.3) is 11.8 Å². The largest absolute Gasteiger partial charge is 0.496 e. The second kappa shape index (κ2) is 23.3. The van der Waals surface area contributed by atoms with Crippen molar-refractivity contribution in [3.8, 4) is 22.8 Å². The van der Waals surface area contributed by atoms with Gasteiger partial charge < -0.3 is 33.8 Å². The molecule has 0 saturated heterocycles. The van der Waals surface area contributed by atoms with Crippen LogP contribution in [0.1, 0.15) is 91.1 Å². The van der Waals surface area contributed by atoms with Gasteiger partial charge in [0.15, 0.2) is 10.2 Å². The zero-order chi connectivity index (χ0) is 46.5. The number of ether oxygens (including phenoxy) is 4. The molecule has 3 aromatic heterocycles. The molecule has 1 fully saturated rings. The first-order valence-electron chi connectivity index (χ1n) is 21.8. The number of aromatic nitrogens is 3. The zero-order valence-electron chi connectivity index (χ0n) is 37.1. The molecule has 0 unspecified atom stereocenters. The van der Waals surface area contributed by atoms with E-state index < -0.39 is 5.91 Å². The molecule has 65 heavy (non-hydrogen) atoms. The van der Waals surface area contributed by atoms with Crippen LogP contribution in [-0.4, -0.2) is 70.4 Å². The number of para-hydroxylation sites is 2. The molecule has 344 valence electrons. The molecule has 1 aliphatic carbocycles. The van der Waals surface area contributed by atoms with Gasteiger partial charge >= 0.3 is 11.9 Å². The Balaban J connectivity index is 0.000000267. The molecule has 0 aliphatic heterocycles. The van der Waals surface area contributed by atoms with Crippen molar-refractivity contribution in [1.82, 2.24) is 19.4 Å². The standard InChI is InChI=1S/C33H38ClN3O5S.C15H17N3O3S/c1-4-42-30(38)16-17-37-25-13-9-8-12-22(25)18-26(37)32(39)36-33-35-31(23-19-28(41-3)24(34)20-27(23)40-2)29(43-33)15-14-21-10-6-5-7-11-21;1-2-21-13(19)7-8-18-11-6-4-3-5-10(11)9-12(18)14(20)17-15(16)22/h8-9,12-13,18-21H,4-7,10-11,14-17H2,1-3H3,(H,35,36,39);3-6,9H,2,7-8H2,1H3,(H3,16,17,20,22). The van der Waals surface area contributed by atoms with E-state index in [1.165, 1.54) is 43.4 Å². The maximum atomic E-state index is 13.8. The molecule has 4 N–H and O–H groups in total. The lowest BCUT2D eigenvalue weighted by atomic mass is 9.86. The van der Waals surface area contributed by atoms with Gasteiger partial charge in [-0.15, -0.1) is 11.3 Å². The van der Waals surface area contributed by atoms with E-state index in [4.69, 9.17) is 53.5 Å². The van der Waals surface area contributed by atoms with Gasteiger partial charge in [-0.05, 0) is 75.2 Å². The molecule has 14 nitrogen and oxygen atoms in total. The van der Waals surface area contributed by atoms with Crippen LogP contribution in [0.2, 0.25) is 5.02 Å². The van der Waals surface area contributed by atoms with Gasteiger partial charge in [0.2, 0.25) is 0 Å². The van der Waals surface area contributed by atoms with Crippen LogP contribution in [0.15, 0.2) is 72.8 Å². The van der Waals surface area contributed by atoms with Crippen LogP contribution < -0.4 is 25.8 Å². The second-order valence-electron chi connectivity index (χ2n) is 15.4. The number of nitrogens with zero attached hydrogens (tertiary/aromatic N) is 3. The maximum Gasteiger partial charge on any atom is 0.307 e. The summed E-state index contributed by atoms with van der Waals surface area (Å²) in [6.45, 7) is 4.85. The van der Waals surface area contributed by atoms with Crippen molar-refractivity contribution in [3.05, 3.63) is 94.1 Å². The molecule has 0 atom stereocenters. The maximum absolute atomic E-state index is 13.8. The van der Waals surface area contributed by atoms with E-state index >= 15 is 0 Å². The zero-order valence-corrected chi connectivity index (χ0v) is 39.5. The van der Waals surface area contributed by atoms with E-state index in [0.717, 1.165) is 50.8 Å². The topological polar surface area (TPSA) is 178 Å². The number of thiocarbonyl (C=S) groups is 1. The molecular formula is C48H55ClN6O8S2. The van der Waals surface area contributed by atoms with Crippen LogP contribution in [0.25, 0.3) is 33.1 Å². The van der Waals surface area contributed by atoms with Gasteiger partial charge in [0.1, 0.15) is 22.9 Å². The molecule has 2 amide bonds. The summed E-state index contributed by atoms with van der Waals surface area (Å²) in [5.41, 5.74) is 9.47. The third-order valence-electron chi connectivity index (χ3n) is 11.2. The van der Waals surface area contributed by atoms with Crippen molar-refractivity contribution in [3.63, 3.8) is 0 Å². The number of halogens is 1. The Hall–Kier alpha value is -5.97. The molecule has 3 aromatic carbocycles. The van der Waals surface area contributed by atoms with Gasteiger partial charge in [-0.25, -0.2) is 4.98 Å². The molecule has 17 heteroatoms. The number of carbonyl (C=O) groups is 4. The molecule has 3 heterocycles. The number of benzene rings is 3. The lowest BCUT2D eigenvalue weighted by Crippen LogP contribution is -2.36. The quantitative estimate of drug-likeness (QED) is 0.0586. The monoisotopic (exact) mass is 942 g/mol. The summed E-state index contributed by atoms with van der Waals surface area (Å²) in [6.07, 6.45) is 8.66. The molecule has 0 spiro atoms. The number of hydrogen-bond acceptors (Lipinski definition) is 11. The normalized spacial score (nSPS) is 12.6. The minimum absolute atomic E-state index is 0.0906. The number of methoxy groups -OCH3 is 2. The molecule has 6 aromatic rings. The van der Waals surface area contributed by atoms with Gasteiger partial charge in [-0.2, -0.15) is 0 Å². The van der Waals surface area contributed by atoms with Crippen molar-refractivity contribution < 1.29 is 38.1 Å². The summed E-state index contributed by atoms with van der Waals surface area (Å²) in [5, 5.41) is 8.14. The smallest absolute Gasteiger partial charge is 0.307 e. The molecule has 1 aliphatic rings. The number of anilines is 1. The van der Waals surface area contributed by atoms with Crippen LogP contribution in [0, 0.1) is 5.92 Å². The summed E-state index contributed by atoms with van der Waals surface area (Å²) in [6, 6.07) is 22.5. The number of fused-ring (bicyclic) bond motifs is 2. The number of hydrogen-bond donors (Lipinski definition) is 3. The minimum Gasteiger partial charge on any atom is -0.496 e. The Morgan fingerprint density at radius 3 is 1.89 bits per heavy atom. The van der Waals surface area contributed by atoms with E-state index in [-0.39, 0.29) is 35.8 Å². The fraction of sp³-hybridized carbons (Fsp3) is 0.375. The van der Waals surface area contributed by atoms with Crippen molar-refractivity contribution >= 4 is 91.0 Å². The summed E-state index contributed by atoms with van der Waals surface area (Å²) >= 11 is 12.6. The fourth-order valence-electron chi connectivity index (χ4n) is 8.13. The highest BCUT2D eigenvalue weighted by Gasteiger charge is 2.24. The van der Waals surface area contributed by atoms with E-state index in [2.05, 4.69) is 10.6 Å². The molecule has 7 rings (SSSR count). The lowest BCUT2D eigenvalue weighted by Gasteiger charge is -2.21. The average molecular weight is 944 g/mol. The van der Waals surface area contributed by atoms with E-state index in [1.54, 1.807) is 44.8 Å². The van der Waals surface area contributed by atoms with E-state index in [1.807, 2.05) is 65.2 Å². The van der Waals surface area contributed by atoms with Gasteiger partial charge in [-0.1, -0.05) is 80.1 Å². The molecule has 1 saturated carbocycles. The summed E-state index contributed by atoms with van der Waals surface area (Å²) < 4.78 is 24.9. The first-order valence-corrected chi connectivity index (χ1v) is 23.4. The average Bonchev–Trinajstić information content (AvgIpc) is 4.00. The Labute approximate surface area is 392 Å². The second-order valence-corrected chi connectivity index (χ2v) is 17.3. The molecular weight excluding hydrogens is 888 g/mol. The Morgan fingerprint density at radius 2 is 1.35 bits per heavy atom. The van der Waals surface area contributed by atoms with E-state index in [9.17, 15) is 19.2 Å². The van der Waals surface area contributed by atoms with Gasteiger partial charge in [0.05, 0.1) is 51.0 Å². The van der Waals surface area contributed by atoms with Crippen molar-refractivity contribution in [1.29, 1.82) is 0 Å². The Morgan fingerprint density at radius 1 is 0.800 bits per heavy atom. The highest BCUT2D eigenvalue weighted by molar-refractivity contribution is 7.80. The number of nitrogens with one attached hydrogen (secondary N) is 2. The minimum atomic E-state index is -0.396. The summed E-state index contributed by atoms with van der Waals surface area (Å²) in [7, 11) is 3.18. The lowest BCUT2D eigenvalue weighted by molar-refractivity contribution is -0.144. The number of nitrogens with two attached hydrogens (primary N) is 1. The number of esters is 2.